The van der Waals surface area contributed by atoms with Gasteiger partial charge in [0.1, 0.15) is 0 Å². The van der Waals surface area contributed by atoms with Gasteiger partial charge in [0, 0.05) is 6.42 Å². The monoisotopic (exact) mass is 248 g/mol. The number of aryl methyl sites for hydroxylation is 3. The summed E-state index contributed by atoms with van der Waals surface area (Å²) in [6.45, 7) is 8.69. The first-order valence-corrected chi connectivity index (χ1v) is 6.71. The second kappa shape index (κ2) is 6.58. The van der Waals surface area contributed by atoms with E-state index in [2.05, 4.69) is 39.8 Å². The fourth-order valence-corrected chi connectivity index (χ4v) is 2.40. The predicted octanol–water partition coefficient (Wildman–Crippen LogP) is 4.36. The van der Waals surface area contributed by atoms with Crippen LogP contribution >= 0.6 is 0 Å². The van der Waals surface area contributed by atoms with Crippen molar-refractivity contribution in [3.63, 3.8) is 0 Å². The van der Waals surface area contributed by atoms with E-state index in [1.165, 1.54) is 22.3 Å². The van der Waals surface area contributed by atoms with Gasteiger partial charge in [-0.25, -0.2) is 0 Å². The average Bonchev–Trinajstić information content (AvgIpc) is 2.28. The minimum absolute atomic E-state index is 0.290. The number of hydrogen-bond acceptors (Lipinski definition) is 1. The van der Waals surface area contributed by atoms with E-state index in [1.54, 1.807) is 0 Å². The number of carbonyl (C=O) groups is 1. The normalized spacial score (nSPS) is 12.4. The lowest BCUT2D eigenvalue weighted by Gasteiger charge is -2.16. The molecule has 100 valence electrons. The Bertz CT molecular complexity index is 421. The van der Waals surface area contributed by atoms with Gasteiger partial charge in [0.2, 0.25) is 0 Å². The molecule has 0 heterocycles. The van der Waals surface area contributed by atoms with Crippen LogP contribution in [0.25, 0.3) is 0 Å². The Morgan fingerprint density at radius 2 is 1.72 bits per heavy atom. The summed E-state index contributed by atoms with van der Waals surface area (Å²) in [5.74, 6) is -0.178. The summed E-state index contributed by atoms with van der Waals surface area (Å²) in [5, 5.41) is 8.61. The maximum atomic E-state index is 10.5. The van der Waals surface area contributed by atoms with Crippen molar-refractivity contribution in [1.82, 2.24) is 0 Å². The number of unbranched alkanes of at least 4 members (excludes halogenated alkanes) is 1. The highest BCUT2D eigenvalue weighted by Crippen LogP contribution is 2.27. The van der Waals surface area contributed by atoms with Gasteiger partial charge in [-0.3, -0.25) is 4.79 Å². The van der Waals surface area contributed by atoms with E-state index in [0.29, 0.717) is 12.3 Å². The first kappa shape index (κ1) is 14.7. The summed E-state index contributed by atoms with van der Waals surface area (Å²) in [7, 11) is 0. The number of rotatable bonds is 6. The van der Waals surface area contributed by atoms with Crippen LogP contribution in [0.5, 0.6) is 0 Å². The summed E-state index contributed by atoms with van der Waals surface area (Å²) in [4.78, 5) is 10.5. The quantitative estimate of drug-likeness (QED) is 0.759. The summed E-state index contributed by atoms with van der Waals surface area (Å²) < 4.78 is 0. The molecule has 1 rings (SSSR count). The Labute approximate surface area is 110 Å². The molecule has 2 heteroatoms. The molecule has 0 amide bonds. The van der Waals surface area contributed by atoms with E-state index < -0.39 is 5.97 Å². The predicted molar refractivity (Wildman–Crippen MR) is 75.2 cm³/mol. The molecule has 18 heavy (non-hydrogen) atoms. The fraction of sp³-hybridized carbons (Fsp3) is 0.562. The molecule has 0 saturated heterocycles. The topological polar surface area (TPSA) is 37.3 Å². The zero-order valence-electron chi connectivity index (χ0n) is 11.9. The summed E-state index contributed by atoms with van der Waals surface area (Å²) in [5.41, 5.74) is 5.44. The largest absolute Gasteiger partial charge is 0.481 e. The minimum Gasteiger partial charge on any atom is -0.481 e. The summed E-state index contributed by atoms with van der Waals surface area (Å²) >= 11 is 0. The van der Waals surface area contributed by atoms with Crippen molar-refractivity contribution in [2.45, 2.75) is 59.3 Å². The molecule has 0 spiro atoms. The first-order valence-electron chi connectivity index (χ1n) is 6.71. The second-order valence-electron chi connectivity index (χ2n) is 5.33. The molecule has 0 bridgehead atoms. The van der Waals surface area contributed by atoms with E-state index in [-0.39, 0.29) is 0 Å². The molecule has 1 unspecified atom stereocenters. The molecule has 1 atom stereocenters. The fourth-order valence-electron chi connectivity index (χ4n) is 2.40. The van der Waals surface area contributed by atoms with Gasteiger partial charge in [0.15, 0.2) is 0 Å². The van der Waals surface area contributed by atoms with Gasteiger partial charge in [0.25, 0.3) is 0 Å². The van der Waals surface area contributed by atoms with Gasteiger partial charge in [-0.05, 0) is 61.8 Å². The van der Waals surface area contributed by atoms with Crippen molar-refractivity contribution in [2.24, 2.45) is 0 Å². The van der Waals surface area contributed by atoms with E-state index in [1.807, 2.05) is 0 Å². The summed E-state index contributed by atoms with van der Waals surface area (Å²) in [6, 6.07) is 4.53. The van der Waals surface area contributed by atoms with E-state index in [9.17, 15) is 4.79 Å². The lowest BCUT2D eigenvalue weighted by molar-refractivity contribution is -0.137. The Morgan fingerprint density at radius 1 is 1.11 bits per heavy atom. The van der Waals surface area contributed by atoms with Crippen LogP contribution in [0, 0.1) is 20.8 Å². The Kier molecular flexibility index (Phi) is 5.39. The van der Waals surface area contributed by atoms with Crippen LogP contribution in [0.3, 0.4) is 0 Å². The van der Waals surface area contributed by atoms with Crippen molar-refractivity contribution in [3.05, 3.63) is 34.4 Å². The van der Waals surface area contributed by atoms with E-state index in [4.69, 9.17) is 5.11 Å². The Morgan fingerprint density at radius 3 is 2.33 bits per heavy atom. The van der Waals surface area contributed by atoms with E-state index in [0.717, 1.165) is 19.3 Å². The van der Waals surface area contributed by atoms with Gasteiger partial charge < -0.3 is 5.11 Å². The second-order valence-corrected chi connectivity index (χ2v) is 5.33. The van der Waals surface area contributed by atoms with Crippen molar-refractivity contribution >= 4 is 5.97 Å². The highest BCUT2D eigenvalue weighted by atomic mass is 16.4. The standard InChI is InChI=1S/C16H24O2/c1-11(7-5-6-8-16(17)18)15-10-13(3)12(2)9-14(15)4/h9-11H,5-8H2,1-4H3,(H,17,18). The molecule has 0 aliphatic carbocycles. The maximum absolute atomic E-state index is 10.5. The third-order valence-corrected chi connectivity index (χ3v) is 3.69. The van der Waals surface area contributed by atoms with Gasteiger partial charge in [-0.2, -0.15) is 0 Å². The maximum Gasteiger partial charge on any atom is 0.303 e. The summed E-state index contributed by atoms with van der Waals surface area (Å²) in [6.07, 6.45) is 3.12. The smallest absolute Gasteiger partial charge is 0.303 e. The molecule has 0 aliphatic rings. The number of benzene rings is 1. The highest BCUT2D eigenvalue weighted by Gasteiger charge is 2.10. The number of carboxylic acids is 1. The number of aliphatic carboxylic acids is 1. The molecule has 0 radical (unpaired) electrons. The molecular formula is C16H24O2. The van der Waals surface area contributed by atoms with Crippen LogP contribution in [0.15, 0.2) is 12.1 Å². The molecule has 0 aromatic heterocycles. The number of carboxylic acid groups (broad SMARTS) is 1. The van der Waals surface area contributed by atoms with Gasteiger partial charge in [-0.15, -0.1) is 0 Å². The highest BCUT2D eigenvalue weighted by molar-refractivity contribution is 5.66. The van der Waals surface area contributed by atoms with E-state index >= 15 is 0 Å². The third-order valence-electron chi connectivity index (χ3n) is 3.69. The van der Waals surface area contributed by atoms with Crippen LogP contribution in [-0.4, -0.2) is 11.1 Å². The molecule has 2 nitrogen and oxygen atoms in total. The van der Waals surface area contributed by atoms with Gasteiger partial charge in [-0.1, -0.05) is 25.5 Å². The average molecular weight is 248 g/mol. The van der Waals surface area contributed by atoms with Crippen molar-refractivity contribution in [3.8, 4) is 0 Å². The molecule has 0 saturated carbocycles. The van der Waals surface area contributed by atoms with Crippen LogP contribution in [-0.2, 0) is 4.79 Å². The molecule has 1 N–H and O–H groups in total. The SMILES string of the molecule is Cc1cc(C)c(C(C)CCCCC(=O)O)cc1C. The third kappa shape index (κ3) is 4.17. The molecular weight excluding hydrogens is 224 g/mol. The lowest BCUT2D eigenvalue weighted by atomic mass is 9.89. The van der Waals surface area contributed by atoms with Crippen molar-refractivity contribution in [2.75, 3.05) is 0 Å². The minimum atomic E-state index is -0.690. The van der Waals surface area contributed by atoms with Crippen molar-refractivity contribution < 1.29 is 9.90 Å². The Hall–Kier alpha value is -1.31. The van der Waals surface area contributed by atoms with Crippen LogP contribution in [0.4, 0.5) is 0 Å². The molecule has 1 aromatic rings. The van der Waals surface area contributed by atoms with Gasteiger partial charge in [0.05, 0.1) is 0 Å². The van der Waals surface area contributed by atoms with Crippen LogP contribution in [0.1, 0.15) is 60.8 Å². The molecule has 1 aromatic carbocycles. The first-order chi connectivity index (χ1) is 8.41. The lowest BCUT2D eigenvalue weighted by Crippen LogP contribution is -2.00. The Balaban J connectivity index is 2.58. The van der Waals surface area contributed by atoms with Crippen LogP contribution < -0.4 is 0 Å². The number of hydrogen-bond donors (Lipinski definition) is 1. The molecule has 0 fully saturated rings. The molecule has 0 aliphatic heterocycles. The van der Waals surface area contributed by atoms with Crippen LogP contribution in [0.2, 0.25) is 0 Å². The zero-order chi connectivity index (χ0) is 13.7. The van der Waals surface area contributed by atoms with Gasteiger partial charge >= 0.3 is 5.97 Å². The van der Waals surface area contributed by atoms with Crippen molar-refractivity contribution in [1.29, 1.82) is 0 Å². The zero-order valence-corrected chi connectivity index (χ0v) is 11.9.